The first kappa shape index (κ1) is 14.9. The lowest BCUT2D eigenvalue weighted by atomic mass is 10.2. The molecule has 1 heterocycles. The summed E-state index contributed by atoms with van der Waals surface area (Å²) < 4.78 is 0. The lowest BCUT2D eigenvalue weighted by Gasteiger charge is -2.27. The van der Waals surface area contributed by atoms with Gasteiger partial charge in [0.1, 0.15) is 0 Å². The van der Waals surface area contributed by atoms with Crippen LogP contribution >= 0.6 is 0 Å². The molecule has 0 fully saturated rings. The van der Waals surface area contributed by atoms with Crippen LogP contribution in [0.3, 0.4) is 0 Å². The van der Waals surface area contributed by atoms with Gasteiger partial charge >= 0.3 is 12.0 Å². The zero-order chi connectivity index (χ0) is 14.4. The summed E-state index contributed by atoms with van der Waals surface area (Å²) in [5.41, 5.74) is 0.427. The summed E-state index contributed by atoms with van der Waals surface area (Å²) in [5.74, 6) is -1.07. The SMILES string of the molecule is CCC(C)N(CC)C(=O)Nc1cncc(C(=O)O)c1. The number of nitrogens with zero attached hydrogens (tertiary/aromatic N) is 2. The largest absolute Gasteiger partial charge is 0.478 e. The van der Waals surface area contributed by atoms with Gasteiger partial charge in [-0.2, -0.15) is 0 Å². The molecular formula is C13H19N3O3. The van der Waals surface area contributed by atoms with Crippen LogP contribution in [0.2, 0.25) is 0 Å². The van der Waals surface area contributed by atoms with E-state index in [-0.39, 0.29) is 17.6 Å². The predicted octanol–water partition coefficient (Wildman–Crippen LogP) is 2.43. The number of amides is 2. The van der Waals surface area contributed by atoms with Crippen LogP contribution in [0.25, 0.3) is 0 Å². The van der Waals surface area contributed by atoms with E-state index in [2.05, 4.69) is 10.3 Å². The van der Waals surface area contributed by atoms with Gasteiger partial charge in [-0.25, -0.2) is 9.59 Å². The molecule has 1 atom stereocenters. The van der Waals surface area contributed by atoms with Gasteiger partial charge in [-0.3, -0.25) is 4.98 Å². The highest BCUT2D eigenvalue weighted by atomic mass is 16.4. The highest BCUT2D eigenvalue weighted by molar-refractivity contribution is 5.92. The van der Waals surface area contributed by atoms with Crippen LogP contribution in [0.5, 0.6) is 0 Å². The minimum absolute atomic E-state index is 0.0457. The second-order valence-electron chi connectivity index (χ2n) is 4.24. The minimum Gasteiger partial charge on any atom is -0.478 e. The van der Waals surface area contributed by atoms with Crippen LogP contribution in [0.4, 0.5) is 10.5 Å². The third-order valence-electron chi connectivity index (χ3n) is 2.96. The molecule has 6 nitrogen and oxygen atoms in total. The van der Waals surface area contributed by atoms with Crippen molar-refractivity contribution in [1.29, 1.82) is 0 Å². The number of hydrogen-bond acceptors (Lipinski definition) is 3. The van der Waals surface area contributed by atoms with Gasteiger partial charge in [-0.05, 0) is 26.3 Å². The van der Waals surface area contributed by atoms with Gasteiger partial charge in [0.2, 0.25) is 0 Å². The van der Waals surface area contributed by atoms with Crippen molar-refractivity contribution in [2.24, 2.45) is 0 Å². The summed E-state index contributed by atoms with van der Waals surface area (Å²) in [6.07, 6.45) is 3.52. The Morgan fingerprint density at radius 3 is 2.63 bits per heavy atom. The van der Waals surface area contributed by atoms with E-state index >= 15 is 0 Å². The molecule has 0 saturated heterocycles. The van der Waals surface area contributed by atoms with Crippen molar-refractivity contribution in [3.63, 3.8) is 0 Å². The summed E-state index contributed by atoms with van der Waals surface area (Å²) in [7, 11) is 0. The molecule has 0 saturated carbocycles. The van der Waals surface area contributed by atoms with E-state index in [1.165, 1.54) is 18.5 Å². The molecule has 1 rings (SSSR count). The smallest absolute Gasteiger partial charge is 0.337 e. The second kappa shape index (κ2) is 6.72. The molecule has 0 bridgehead atoms. The Morgan fingerprint density at radius 1 is 1.42 bits per heavy atom. The number of carboxylic acids is 1. The van der Waals surface area contributed by atoms with E-state index in [1.807, 2.05) is 20.8 Å². The van der Waals surface area contributed by atoms with Crippen molar-refractivity contribution in [3.8, 4) is 0 Å². The van der Waals surface area contributed by atoms with Gasteiger partial charge in [0.25, 0.3) is 0 Å². The van der Waals surface area contributed by atoms with Crippen LogP contribution in [0.15, 0.2) is 18.5 Å². The van der Waals surface area contributed by atoms with Gasteiger partial charge in [-0.15, -0.1) is 0 Å². The summed E-state index contributed by atoms with van der Waals surface area (Å²) in [6.45, 7) is 6.47. The third kappa shape index (κ3) is 3.94. The molecule has 1 aromatic heterocycles. The third-order valence-corrected chi connectivity index (χ3v) is 2.96. The number of aromatic carboxylic acids is 1. The van der Waals surface area contributed by atoms with Gasteiger partial charge in [-0.1, -0.05) is 6.92 Å². The summed E-state index contributed by atoms with van der Waals surface area (Å²) in [6, 6.07) is 1.26. The molecule has 0 aliphatic rings. The molecule has 1 aromatic rings. The van der Waals surface area contributed by atoms with Gasteiger partial charge < -0.3 is 15.3 Å². The fourth-order valence-corrected chi connectivity index (χ4v) is 1.70. The van der Waals surface area contributed by atoms with E-state index < -0.39 is 5.97 Å². The number of urea groups is 1. The summed E-state index contributed by atoms with van der Waals surface area (Å²) in [5, 5.41) is 11.5. The Morgan fingerprint density at radius 2 is 2.11 bits per heavy atom. The number of nitrogens with one attached hydrogen (secondary N) is 1. The number of carbonyl (C=O) groups excluding carboxylic acids is 1. The zero-order valence-electron chi connectivity index (χ0n) is 11.4. The fraction of sp³-hybridized carbons (Fsp3) is 0.462. The highest BCUT2D eigenvalue weighted by Crippen LogP contribution is 2.11. The van der Waals surface area contributed by atoms with Crippen molar-refractivity contribution in [2.75, 3.05) is 11.9 Å². The molecule has 0 spiro atoms. The van der Waals surface area contributed by atoms with E-state index in [0.29, 0.717) is 12.2 Å². The zero-order valence-corrected chi connectivity index (χ0v) is 11.4. The number of pyridine rings is 1. The molecule has 19 heavy (non-hydrogen) atoms. The number of aromatic nitrogens is 1. The molecule has 2 amide bonds. The molecule has 2 N–H and O–H groups in total. The second-order valence-corrected chi connectivity index (χ2v) is 4.24. The van der Waals surface area contributed by atoms with E-state index in [0.717, 1.165) is 6.42 Å². The molecule has 0 aliphatic carbocycles. The first-order valence-corrected chi connectivity index (χ1v) is 6.25. The van der Waals surface area contributed by atoms with Crippen molar-refractivity contribution < 1.29 is 14.7 Å². The van der Waals surface area contributed by atoms with Crippen LogP contribution in [-0.4, -0.2) is 39.6 Å². The average molecular weight is 265 g/mol. The topological polar surface area (TPSA) is 82.5 Å². The molecule has 1 unspecified atom stereocenters. The lowest BCUT2D eigenvalue weighted by Crippen LogP contribution is -2.41. The Bertz CT molecular complexity index is 462. The molecule has 0 radical (unpaired) electrons. The van der Waals surface area contributed by atoms with Crippen LogP contribution in [-0.2, 0) is 0 Å². The summed E-state index contributed by atoms with van der Waals surface area (Å²) in [4.78, 5) is 28.4. The first-order chi connectivity index (χ1) is 8.99. The van der Waals surface area contributed by atoms with Crippen LogP contribution in [0.1, 0.15) is 37.6 Å². The monoisotopic (exact) mass is 265 g/mol. The fourth-order valence-electron chi connectivity index (χ4n) is 1.70. The van der Waals surface area contributed by atoms with Crippen molar-refractivity contribution in [1.82, 2.24) is 9.88 Å². The van der Waals surface area contributed by atoms with E-state index in [9.17, 15) is 9.59 Å². The molecule has 0 aliphatic heterocycles. The standard InChI is InChI=1S/C13H19N3O3/c1-4-9(3)16(5-2)13(19)15-11-6-10(12(17)18)7-14-8-11/h6-9H,4-5H2,1-3H3,(H,15,19)(H,17,18). The number of carboxylic acid groups (broad SMARTS) is 1. The maximum absolute atomic E-state index is 12.1. The van der Waals surface area contributed by atoms with Crippen LogP contribution in [0, 0.1) is 0 Å². The Kier molecular flexibility index (Phi) is 5.29. The lowest BCUT2D eigenvalue weighted by molar-refractivity contribution is 0.0696. The van der Waals surface area contributed by atoms with E-state index in [1.54, 1.807) is 4.90 Å². The molecule has 6 heteroatoms. The van der Waals surface area contributed by atoms with Crippen LogP contribution < -0.4 is 5.32 Å². The van der Waals surface area contributed by atoms with E-state index in [4.69, 9.17) is 5.11 Å². The Balaban J connectivity index is 2.81. The molecular weight excluding hydrogens is 246 g/mol. The average Bonchev–Trinajstić information content (AvgIpc) is 2.39. The Labute approximate surface area is 112 Å². The normalized spacial score (nSPS) is 11.7. The van der Waals surface area contributed by atoms with Gasteiger partial charge in [0.15, 0.2) is 0 Å². The summed E-state index contributed by atoms with van der Waals surface area (Å²) >= 11 is 0. The maximum Gasteiger partial charge on any atom is 0.337 e. The number of anilines is 1. The minimum atomic E-state index is -1.07. The predicted molar refractivity (Wildman–Crippen MR) is 72.3 cm³/mol. The van der Waals surface area contributed by atoms with Crippen molar-refractivity contribution in [2.45, 2.75) is 33.2 Å². The number of hydrogen-bond donors (Lipinski definition) is 2. The van der Waals surface area contributed by atoms with Gasteiger partial charge in [0, 0.05) is 18.8 Å². The Hall–Kier alpha value is -2.11. The highest BCUT2D eigenvalue weighted by Gasteiger charge is 2.17. The van der Waals surface area contributed by atoms with Crippen molar-refractivity contribution >= 4 is 17.7 Å². The molecule has 104 valence electrons. The first-order valence-electron chi connectivity index (χ1n) is 6.25. The van der Waals surface area contributed by atoms with Crippen molar-refractivity contribution in [3.05, 3.63) is 24.0 Å². The molecule has 0 aromatic carbocycles. The number of rotatable bonds is 5. The quantitative estimate of drug-likeness (QED) is 0.856. The van der Waals surface area contributed by atoms with Gasteiger partial charge in [0.05, 0.1) is 17.4 Å². The maximum atomic E-state index is 12.1. The number of carbonyl (C=O) groups is 2.